The molecule has 0 radical (unpaired) electrons. The number of carboxylic acid groups (broad SMARTS) is 1. The van der Waals surface area contributed by atoms with Gasteiger partial charge in [-0.1, -0.05) is 0 Å². The Kier molecular flexibility index (Phi) is 5.27. The highest BCUT2D eigenvalue weighted by Crippen LogP contribution is 2.15. The Hall–Kier alpha value is -1.95. The number of ether oxygens (including phenoxy) is 1. The predicted octanol–water partition coefficient (Wildman–Crippen LogP) is 1.78. The number of nitrogens with one attached hydrogen (secondary N) is 1. The Labute approximate surface area is 123 Å². The third kappa shape index (κ3) is 4.26. The molecule has 1 aromatic heterocycles. The van der Waals surface area contributed by atoms with E-state index in [-0.39, 0.29) is 23.3 Å². The van der Waals surface area contributed by atoms with Gasteiger partial charge in [0.25, 0.3) is 5.91 Å². The van der Waals surface area contributed by atoms with Crippen molar-refractivity contribution in [3.05, 3.63) is 29.1 Å². The van der Waals surface area contributed by atoms with Gasteiger partial charge in [0, 0.05) is 13.2 Å². The molecule has 21 heavy (non-hydrogen) atoms. The first-order valence-electron chi connectivity index (χ1n) is 7.18. The van der Waals surface area contributed by atoms with Crippen molar-refractivity contribution in [1.29, 1.82) is 0 Å². The molecule has 1 amide bonds. The number of hydrogen-bond donors (Lipinski definition) is 2. The molecular weight excluding hydrogens is 272 g/mol. The number of carbonyl (C=O) groups is 2. The molecule has 6 heteroatoms. The molecule has 0 aliphatic carbocycles. The molecule has 1 fully saturated rings. The fourth-order valence-corrected chi connectivity index (χ4v) is 2.39. The first-order chi connectivity index (χ1) is 10.1. The number of amides is 1. The number of aromatic nitrogens is 1. The number of rotatable bonds is 5. The molecule has 2 heterocycles. The van der Waals surface area contributed by atoms with Crippen LogP contribution < -0.4 is 5.32 Å². The van der Waals surface area contributed by atoms with Gasteiger partial charge in [0.05, 0.1) is 17.4 Å². The Morgan fingerprint density at radius 3 is 2.86 bits per heavy atom. The van der Waals surface area contributed by atoms with E-state index in [0.717, 1.165) is 25.9 Å². The standard InChI is InChI=1S/C15H20N2O4/c1-10-12(15(19)20)5-6-13(17-10)14(18)16-8-7-11-4-2-3-9-21-11/h5-6,11H,2-4,7-9H2,1H3,(H,16,18)(H,19,20). The summed E-state index contributed by atoms with van der Waals surface area (Å²) in [7, 11) is 0. The van der Waals surface area contributed by atoms with Crippen LogP contribution >= 0.6 is 0 Å². The van der Waals surface area contributed by atoms with Crippen LogP contribution in [-0.4, -0.2) is 41.2 Å². The normalized spacial score (nSPS) is 18.2. The zero-order chi connectivity index (χ0) is 15.2. The maximum atomic E-state index is 12.0. The number of nitrogens with zero attached hydrogens (tertiary/aromatic N) is 1. The van der Waals surface area contributed by atoms with Crippen LogP contribution in [0.1, 0.15) is 52.2 Å². The van der Waals surface area contributed by atoms with Crippen LogP contribution in [0.25, 0.3) is 0 Å². The van der Waals surface area contributed by atoms with E-state index in [1.54, 1.807) is 6.92 Å². The van der Waals surface area contributed by atoms with E-state index in [1.165, 1.54) is 18.6 Å². The van der Waals surface area contributed by atoms with Gasteiger partial charge in [-0.3, -0.25) is 4.79 Å². The Morgan fingerprint density at radius 2 is 2.24 bits per heavy atom. The molecule has 0 bridgehead atoms. The number of aryl methyl sites for hydroxylation is 1. The van der Waals surface area contributed by atoms with Crippen molar-refractivity contribution in [2.45, 2.75) is 38.7 Å². The van der Waals surface area contributed by atoms with Gasteiger partial charge in [0.15, 0.2) is 0 Å². The van der Waals surface area contributed by atoms with E-state index >= 15 is 0 Å². The van der Waals surface area contributed by atoms with Crippen molar-refractivity contribution in [3.8, 4) is 0 Å². The van der Waals surface area contributed by atoms with E-state index in [1.807, 2.05) is 0 Å². The summed E-state index contributed by atoms with van der Waals surface area (Å²) in [5.74, 6) is -1.33. The molecule has 0 spiro atoms. The largest absolute Gasteiger partial charge is 0.478 e. The summed E-state index contributed by atoms with van der Waals surface area (Å²) >= 11 is 0. The SMILES string of the molecule is Cc1nc(C(=O)NCCC2CCCCO2)ccc1C(=O)O. The van der Waals surface area contributed by atoms with Crippen LogP contribution in [0.2, 0.25) is 0 Å². The molecular formula is C15H20N2O4. The minimum Gasteiger partial charge on any atom is -0.478 e. The minimum absolute atomic E-state index is 0.113. The molecule has 6 nitrogen and oxygen atoms in total. The predicted molar refractivity (Wildman–Crippen MR) is 76.5 cm³/mol. The monoisotopic (exact) mass is 292 g/mol. The van der Waals surface area contributed by atoms with Crippen LogP contribution in [0.3, 0.4) is 0 Å². The van der Waals surface area contributed by atoms with Gasteiger partial charge in [-0.2, -0.15) is 0 Å². The van der Waals surface area contributed by atoms with Crippen LogP contribution in [-0.2, 0) is 4.74 Å². The third-order valence-corrected chi connectivity index (χ3v) is 3.57. The first-order valence-corrected chi connectivity index (χ1v) is 7.18. The number of hydrogen-bond acceptors (Lipinski definition) is 4. The third-order valence-electron chi connectivity index (χ3n) is 3.57. The average Bonchev–Trinajstić information content (AvgIpc) is 2.47. The summed E-state index contributed by atoms with van der Waals surface area (Å²) < 4.78 is 5.59. The smallest absolute Gasteiger partial charge is 0.337 e. The number of carboxylic acids is 1. The lowest BCUT2D eigenvalue weighted by Gasteiger charge is -2.22. The molecule has 1 unspecified atom stereocenters. The van der Waals surface area contributed by atoms with Crippen LogP contribution in [0.15, 0.2) is 12.1 Å². The molecule has 2 rings (SSSR count). The van der Waals surface area contributed by atoms with Crippen molar-refractivity contribution in [1.82, 2.24) is 10.3 Å². The average molecular weight is 292 g/mol. The number of aromatic carboxylic acids is 1. The second kappa shape index (κ2) is 7.17. The molecule has 1 aliphatic rings. The first kappa shape index (κ1) is 15.4. The van der Waals surface area contributed by atoms with Gasteiger partial charge in [-0.25, -0.2) is 9.78 Å². The summed E-state index contributed by atoms with van der Waals surface area (Å²) in [6.07, 6.45) is 4.35. The van der Waals surface area contributed by atoms with Gasteiger partial charge in [0.1, 0.15) is 5.69 Å². The Morgan fingerprint density at radius 1 is 1.43 bits per heavy atom. The second-order valence-corrected chi connectivity index (χ2v) is 5.17. The topological polar surface area (TPSA) is 88.5 Å². The highest BCUT2D eigenvalue weighted by Gasteiger charge is 2.15. The number of carbonyl (C=O) groups excluding carboxylic acids is 1. The maximum absolute atomic E-state index is 12.0. The van der Waals surface area contributed by atoms with Crippen molar-refractivity contribution < 1.29 is 19.4 Å². The fraction of sp³-hybridized carbons (Fsp3) is 0.533. The Balaban J connectivity index is 1.85. The second-order valence-electron chi connectivity index (χ2n) is 5.17. The molecule has 1 aliphatic heterocycles. The molecule has 1 atom stereocenters. The van der Waals surface area contributed by atoms with Crippen molar-refractivity contribution in [2.24, 2.45) is 0 Å². The lowest BCUT2D eigenvalue weighted by atomic mass is 10.1. The van der Waals surface area contributed by atoms with Crippen LogP contribution in [0.4, 0.5) is 0 Å². The van der Waals surface area contributed by atoms with Crippen LogP contribution in [0.5, 0.6) is 0 Å². The highest BCUT2D eigenvalue weighted by atomic mass is 16.5. The lowest BCUT2D eigenvalue weighted by Crippen LogP contribution is -2.30. The van der Waals surface area contributed by atoms with E-state index in [4.69, 9.17) is 9.84 Å². The van der Waals surface area contributed by atoms with Gasteiger partial charge < -0.3 is 15.2 Å². The van der Waals surface area contributed by atoms with E-state index in [0.29, 0.717) is 12.2 Å². The van der Waals surface area contributed by atoms with Gasteiger partial charge in [0.2, 0.25) is 0 Å². The summed E-state index contributed by atoms with van der Waals surface area (Å²) in [6.45, 7) is 2.91. The van der Waals surface area contributed by atoms with Crippen molar-refractivity contribution >= 4 is 11.9 Å². The number of pyridine rings is 1. The molecule has 1 aromatic rings. The summed E-state index contributed by atoms with van der Waals surface area (Å²) in [5.41, 5.74) is 0.690. The van der Waals surface area contributed by atoms with Crippen LogP contribution in [0, 0.1) is 6.92 Å². The molecule has 2 N–H and O–H groups in total. The highest BCUT2D eigenvalue weighted by molar-refractivity contribution is 5.94. The van der Waals surface area contributed by atoms with Gasteiger partial charge in [-0.05, 0) is 44.7 Å². The van der Waals surface area contributed by atoms with Crippen molar-refractivity contribution in [2.75, 3.05) is 13.2 Å². The van der Waals surface area contributed by atoms with Crippen molar-refractivity contribution in [3.63, 3.8) is 0 Å². The van der Waals surface area contributed by atoms with E-state index in [2.05, 4.69) is 10.3 Å². The summed E-state index contributed by atoms with van der Waals surface area (Å²) in [6, 6.07) is 2.84. The van der Waals surface area contributed by atoms with Gasteiger partial charge >= 0.3 is 5.97 Å². The molecule has 0 aromatic carbocycles. The molecule has 114 valence electrons. The van der Waals surface area contributed by atoms with E-state index in [9.17, 15) is 9.59 Å². The lowest BCUT2D eigenvalue weighted by molar-refractivity contribution is 0.0117. The minimum atomic E-state index is -1.04. The zero-order valence-corrected chi connectivity index (χ0v) is 12.1. The quantitative estimate of drug-likeness (QED) is 0.863. The maximum Gasteiger partial charge on any atom is 0.337 e. The Bertz CT molecular complexity index is 524. The molecule has 0 saturated carbocycles. The summed E-state index contributed by atoms with van der Waals surface area (Å²) in [5, 5.41) is 11.7. The van der Waals surface area contributed by atoms with Gasteiger partial charge in [-0.15, -0.1) is 0 Å². The fourth-order valence-electron chi connectivity index (χ4n) is 2.39. The zero-order valence-electron chi connectivity index (χ0n) is 12.1. The molecule has 1 saturated heterocycles. The summed E-state index contributed by atoms with van der Waals surface area (Å²) in [4.78, 5) is 26.9. The van der Waals surface area contributed by atoms with E-state index < -0.39 is 5.97 Å².